The number of unbranched alkanes of at least 4 members (excludes halogenated alkanes) is 4. The third kappa shape index (κ3) is 22.5. The van der Waals surface area contributed by atoms with Gasteiger partial charge in [-0.15, -0.1) is 0 Å². The van der Waals surface area contributed by atoms with Gasteiger partial charge in [-0.2, -0.15) is 0 Å². The summed E-state index contributed by atoms with van der Waals surface area (Å²) in [5.74, 6) is -1.07. The molecular weight excluding hydrogens is 549 g/mol. The fourth-order valence-electron chi connectivity index (χ4n) is 3.65. The van der Waals surface area contributed by atoms with Gasteiger partial charge in [-0.3, -0.25) is 18.6 Å². The van der Waals surface area contributed by atoms with Crippen molar-refractivity contribution in [3.05, 3.63) is 36.5 Å². The normalized spacial score (nSPS) is 19.6. The van der Waals surface area contributed by atoms with Crippen LogP contribution in [-0.4, -0.2) is 87.1 Å². The quantitative estimate of drug-likeness (QED) is 0.0373. The Morgan fingerprint density at radius 3 is 2.22 bits per heavy atom. The van der Waals surface area contributed by atoms with Gasteiger partial charge in [-0.25, -0.2) is 4.57 Å². The first-order valence-electron chi connectivity index (χ1n) is 14.8. The summed E-state index contributed by atoms with van der Waals surface area (Å²) in [7, 11) is 1.42. The van der Waals surface area contributed by atoms with Crippen molar-refractivity contribution in [1.82, 2.24) is 0 Å². The number of rotatable bonds is 24. The second-order valence-electron chi connectivity index (χ2n) is 11.2. The third-order valence-electron chi connectivity index (χ3n) is 6.13. The number of esters is 2. The molecular formula is C30H53NO9P+. The van der Waals surface area contributed by atoms with Crippen molar-refractivity contribution in [1.29, 1.82) is 0 Å². The van der Waals surface area contributed by atoms with Gasteiger partial charge in [0.2, 0.25) is 0 Å². The van der Waals surface area contributed by atoms with E-state index < -0.39 is 32.5 Å². The zero-order valence-corrected chi connectivity index (χ0v) is 26.6. The Kier molecular flexibility index (Phi) is 19.0. The SMILES string of the molecule is CCCCC/C=C\CC1OC1C/C=C\C/C=C\CCCC(=O)O[C@H](COC(C)=O)COP(=O)(O)OCC[N+](C)(C)C. The van der Waals surface area contributed by atoms with Crippen molar-refractivity contribution in [3.63, 3.8) is 0 Å². The highest BCUT2D eigenvalue weighted by Crippen LogP contribution is 2.43. The standard InChI is InChI=1S/C30H52NO9P/c1-6-7-8-9-13-16-19-28-29(40-28)20-17-14-11-10-12-15-18-21-30(33)39-27(24-36-26(2)32)25-38-41(34,35)37-23-22-31(3,4)5/h10,12-14,16-17,27-29H,6-9,11,15,18-25H2,1-5H3/p+1/b12-10-,16-13-,17-14-/t27-,28?,29?/m1/s1. The number of carbonyl (C=O) groups excluding carboxylic acids is 2. The molecule has 1 aliphatic rings. The molecule has 0 saturated carbocycles. The van der Waals surface area contributed by atoms with Gasteiger partial charge < -0.3 is 23.6 Å². The molecule has 236 valence electrons. The third-order valence-corrected chi connectivity index (χ3v) is 7.12. The monoisotopic (exact) mass is 602 g/mol. The van der Waals surface area contributed by atoms with Crippen molar-refractivity contribution in [2.24, 2.45) is 0 Å². The molecule has 0 aromatic rings. The van der Waals surface area contributed by atoms with E-state index in [0.29, 0.717) is 36.1 Å². The van der Waals surface area contributed by atoms with Crippen LogP contribution in [0.25, 0.3) is 0 Å². The molecule has 0 bridgehead atoms. The molecule has 1 rings (SSSR count). The van der Waals surface area contributed by atoms with Crippen molar-refractivity contribution in [2.45, 2.75) is 96.4 Å². The van der Waals surface area contributed by atoms with Gasteiger partial charge in [0.15, 0.2) is 6.10 Å². The first kappa shape index (κ1) is 37.2. The molecule has 0 aliphatic carbocycles. The predicted octanol–water partition coefficient (Wildman–Crippen LogP) is 5.66. The zero-order valence-electron chi connectivity index (χ0n) is 25.7. The van der Waals surface area contributed by atoms with Gasteiger partial charge >= 0.3 is 19.8 Å². The Morgan fingerprint density at radius 2 is 1.56 bits per heavy atom. The molecule has 1 heterocycles. The maximum absolute atomic E-state index is 12.3. The number of hydrogen-bond donors (Lipinski definition) is 1. The maximum Gasteiger partial charge on any atom is 0.472 e. The number of hydrogen-bond acceptors (Lipinski definition) is 8. The molecule has 0 aromatic heterocycles. The highest BCUT2D eigenvalue weighted by Gasteiger charge is 2.36. The second-order valence-corrected chi connectivity index (χ2v) is 12.7. The summed E-state index contributed by atoms with van der Waals surface area (Å²) in [6.45, 7) is 3.23. The highest BCUT2D eigenvalue weighted by atomic mass is 31.2. The number of allylic oxidation sites excluding steroid dienone is 4. The number of epoxide rings is 1. The van der Waals surface area contributed by atoms with Gasteiger partial charge in [0.1, 0.15) is 19.8 Å². The number of phosphoric ester groups is 1. The Hall–Kier alpha value is -1.81. The lowest BCUT2D eigenvalue weighted by Crippen LogP contribution is -2.37. The van der Waals surface area contributed by atoms with Crippen LogP contribution in [0.3, 0.4) is 0 Å². The van der Waals surface area contributed by atoms with Crippen LogP contribution in [0.5, 0.6) is 0 Å². The predicted molar refractivity (Wildman–Crippen MR) is 159 cm³/mol. The van der Waals surface area contributed by atoms with Crippen LogP contribution in [0.2, 0.25) is 0 Å². The first-order valence-corrected chi connectivity index (χ1v) is 16.3. The molecule has 11 heteroatoms. The van der Waals surface area contributed by atoms with E-state index in [1.807, 2.05) is 27.2 Å². The minimum absolute atomic E-state index is 0.0154. The smallest absolute Gasteiger partial charge is 0.462 e. The number of carbonyl (C=O) groups is 2. The summed E-state index contributed by atoms with van der Waals surface area (Å²) >= 11 is 0. The molecule has 4 atom stereocenters. The summed E-state index contributed by atoms with van der Waals surface area (Å²) in [5, 5.41) is 0. The van der Waals surface area contributed by atoms with Gasteiger partial charge in [0, 0.05) is 13.3 Å². The topological polar surface area (TPSA) is 121 Å². The largest absolute Gasteiger partial charge is 0.472 e. The first-order chi connectivity index (χ1) is 19.4. The van der Waals surface area contributed by atoms with E-state index in [-0.39, 0.29) is 19.6 Å². The zero-order chi connectivity index (χ0) is 30.6. The van der Waals surface area contributed by atoms with Crippen LogP contribution >= 0.6 is 7.82 Å². The number of quaternary nitrogens is 1. The van der Waals surface area contributed by atoms with Gasteiger partial charge in [-0.1, -0.05) is 56.2 Å². The van der Waals surface area contributed by atoms with Crippen molar-refractivity contribution < 1.29 is 46.8 Å². The molecule has 1 fully saturated rings. The van der Waals surface area contributed by atoms with Crippen molar-refractivity contribution >= 4 is 19.8 Å². The van der Waals surface area contributed by atoms with E-state index in [9.17, 15) is 19.0 Å². The van der Waals surface area contributed by atoms with Gasteiger partial charge in [-0.05, 0) is 44.9 Å². The van der Waals surface area contributed by atoms with Gasteiger partial charge in [0.05, 0.1) is 40.0 Å². The summed E-state index contributed by atoms with van der Waals surface area (Å²) in [6.07, 6.45) is 21.7. The molecule has 41 heavy (non-hydrogen) atoms. The Morgan fingerprint density at radius 1 is 0.927 bits per heavy atom. The van der Waals surface area contributed by atoms with E-state index in [1.165, 1.54) is 26.2 Å². The van der Waals surface area contributed by atoms with Crippen LogP contribution in [-0.2, 0) is 37.4 Å². The number of likely N-dealkylation sites (N-methyl/N-ethyl adjacent to an activating group) is 1. The maximum atomic E-state index is 12.3. The number of nitrogens with zero attached hydrogens (tertiary/aromatic N) is 1. The van der Waals surface area contributed by atoms with Crippen LogP contribution in [0.15, 0.2) is 36.5 Å². The molecule has 0 spiro atoms. The summed E-state index contributed by atoms with van der Waals surface area (Å²) < 4.78 is 38.5. The number of ether oxygens (including phenoxy) is 3. The van der Waals surface area contributed by atoms with Crippen molar-refractivity contribution in [3.8, 4) is 0 Å². The summed E-state index contributed by atoms with van der Waals surface area (Å²) in [6, 6.07) is 0. The van der Waals surface area contributed by atoms with Crippen LogP contribution in [0.1, 0.15) is 78.1 Å². The van der Waals surface area contributed by atoms with E-state index in [4.69, 9.17) is 23.3 Å². The fraction of sp³-hybridized carbons (Fsp3) is 0.733. The lowest BCUT2D eigenvalue weighted by molar-refractivity contribution is -0.870. The van der Waals surface area contributed by atoms with E-state index in [2.05, 4.69) is 37.3 Å². The average Bonchev–Trinajstić information content (AvgIpc) is 3.63. The lowest BCUT2D eigenvalue weighted by atomic mass is 10.1. The Labute approximate surface area is 246 Å². The Balaban J connectivity index is 2.22. The molecule has 1 aliphatic heterocycles. The van der Waals surface area contributed by atoms with Gasteiger partial charge in [0.25, 0.3) is 0 Å². The van der Waals surface area contributed by atoms with Crippen LogP contribution in [0, 0.1) is 0 Å². The molecule has 10 nitrogen and oxygen atoms in total. The molecule has 1 N–H and O–H groups in total. The average molecular weight is 603 g/mol. The molecule has 3 unspecified atom stereocenters. The fourth-order valence-corrected chi connectivity index (χ4v) is 4.40. The minimum atomic E-state index is -4.35. The highest BCUT2D eigenvalue weighted by molar-refractivity contribution is 7.47. The second kappa shape index (κ2) is 21.0. The van der Waals surface area contributed by atoms with E-state index >= 15 is 0 Å². The summed E-state index contributed by atoms with van der Waals surface area (Å²) in [4.78, 5) is 33.3. The molecule has 0 aromatic carbocycles. The Bertz CT molecular complexity index is 882. The number of phosphoric acid groups is 1. The summed E-state index contributed by atoms with van der Waals surface area (Å²) in [5.41, 5.74) is 0. The minimum Gasteiger partial charge on any atom is -0.462 e. The van der Waals surface area contributed by atoms with E-state index in [0.717, 1.165) is 25.7 Å². The van der Waals surface area contributed by atoms with Crippen LogP contribution in [0.4, 0.5) is 0 Å². The molecule has 0 amide bonds. The molecule has 0 radical (unpaired) electrons. The van der Waals surface area contributed by atoms with Crippen LogP contribution < -0.4 is 0 Å². The van der Waals surface area contributed by atoms with Crippen molar-refractivity contribution in [2.75, 3.05) is 47.5 Å². The lowest BCUT2D eigenvalue weighted by Gasteiger charge is -2.24. The molecule has 1 saturated heterocycles. The van der Waals surface area contributed by atoms with E-state index in [1.54, 1.807) is 0 Å².